The van der Waals surface area contributed by atoms with Crippen molar-refractivity contribution in [3.8, 4) is 17.2 Å². The first-order valence-corrected chi connectivity index (χ1v) is 8.34. The molecule has 0 aliphatic carbocycles. The van der Waals surface area contributed by atoms with Crippen molar-refractivity contribution < 1.29 is 17.9 Å². The van der Waals surface area contributed by atoms with Crippen molar-refractivity contribution in [2.45, 2.75) is 17.4 Å². The highest BCUT2D eigenvalue weighted by molar-refractivity contribution is 7.98. The van der Waals surface area contributed by atoms with Gasteiger partial charge in [0, 0.05) is 17.7 Å². The molecule has 24 heavy (non-hydrogen) atoms. The summed E-state index contributed by atoms with van der Waals surface area (Å²) in [5, 5.41) is 8.41. The van der Waals surface area contributed by atoms with Gasteiger partial charge in [-0.25, -0.2) is 8.78 Å². The molecule has 4 rings (SSSR count). The molecule has 2 aromatic carbocycles. The molecule has 0 saturated heterocycles. The Balaban J connectivity index is 1.47. The van der Waals surface area contributed by atoms with E-state index in [9.17, 15) is 8.78 Å². The van der Waals surface area contributed by atoms with Gasteiger partial charge in [0.25, 0.3) is 5.22 Å². The Labute approximate surface area is 140 Å². The van der Waals surface area contributed by atoms with Gasteiger partial charge in [-0.05, 0) is 41.5 Å². The third-order valence-electron chi connectivity index (χ3n) is 3.69. The summed E-state index contributed by atoms with van der Waals surface area (Å²) in [5.74, 6) is 0.0180. The molecule has 0 saturated carbocycles. The first-order valence-electron chi connectivity index (χ1n) is 7.35. The van der Waals surface area contributed by atoms with E-state index in [1.54, 1.807) is 0 Å². The van der Waals surface area contributed by atoms with Crippen LogP contribution in [0.15, 0.2) is 46.0 Å². The number of benzene rings is 2. The van der Waals surface area contributed by atoms with Crippen molar-refractivity contribution in [1.29, 1.82) is 0 Å². The highest BCUT2D eigenvalue weighted by Gasteiger charge is 2.16. The Morgan fingerprint density at radius 2 is 1.96 bits per heavy atom. The van der Waals surface area contributed by atoms with Crippen molar-refractivity contribution in [2.75, 3.05) is 6.61 Å². The van der Waals surface area contributed by atoms with Gasteiger partial charge in [0.2, 0.25) is 5.89 Å². The van der Waals surface area contributed by atoms with E-state index >= 15 is 0 Å². The predicted octanol–water partition coefficient (Wildman–Crippen LogP) is 4.24. The van der Waals surface area contributed by atoms with Gasteiger partial charge < -0.3 is 9.15 Å². The van der Waals surface area contributed by atoms with Crippen LogP contribution in [0.2, 0.25) is 0 Å². The van der Waals surface area contributed by atoms with Gasteiger partial charge in [-0.1, -0.05) is 17.8 Å². The molecule has 7 heteroatoms. The number of fused-ring (bicyclic) bond motifs is 1. The smallest absolute Gasteiger partial charge is 0.277 e. The molecule has 2 heterocycles. The Bertz CT molecular complexity index is 898. The lowest BCUT2D eigenvalue weighted by molar-refractivity contribution is 0.357. The summed E-state index contributed by atoms with van der Waals surface area (Å²) in [5.41, 5.74) is 2.61. The Hall–Kier alpha value is -2.41. The summed E-state index contributed by atoms with van der Waals surface area (Å²) in [6.45, 7) is 0.692. The van der Waals surface area contributed by atoms with Crippen molar-refractivity contribution in [1.82, 2.24) is 10.2 Å². The average Bonchev–Trinajstić information content (AvgIpc) is 3.24. The zero-order valence-corrected chi connectivity index (χ0v) is 13.3. The van der Waals surface area contributed by atoms with Gasteiger partial charge in [-0.3, -0.25) is 0 Å². The topological polar surface area (TPSA) is 48.2 Å². The summed E-state index contributed by atoms with van der Waals surface area (Å²) in [7, 11) is 0. The van der Waals surface area contributed by atoms with Crippen LogP contribution in [-0.2, 0) is 12.2 Å². The fourth-order valence-electron chi connectivity index (χ4n) is 2.48. The number of ether oxygens (including phenoxy) is 1. The minimum Gasteiger partial charge on any atom is -0.493 e. The summed E-state index contributed by atoms with van der Waals surface area (Å²) < 4.78 is 37.2. The van der Waals surface area contributed by atoms with Gasteiger partial charge in [-0.15, -0.1) is 10.2 Å². The molecule has 0 N–H and O–H groups in total. The van der Waals surface area contributed by atoms with Gasteiger partial charge in [0.1, 0.15) is 5.75 Å². The minimum absolute atomic E-state index is 0.381. The molecular weight excluding hydrogens is 334 g/mol. The van der Waals surface area contributed by atoms with Crippen LogP contribution in [0.1, 0.15) is 11.1 Å². The molecule has 1 aliphatic rings. The van der Waals surface area contributed by atoms with Crippen molar-refractivity contribution in [3.63, 3.8) is 0 Å². The number of aromatic nitrogens is 2. The minimum atomic E-state index is -0.861. The average molecular weight is 346 g/mol. The molecule has 0 radical (unpaired) electrons. The maximum Gasteiger partial charge on any atom is 0.277 e. The molecule has 0 bridgehead atoms. The molecule has 3 aromatic rings. The lowest BCUT2D eigenvalue weighted by atomic mass is 10.1. The van der Waals surface area contributed by atoms with Crippen LogP contribution < -0.4 is 4.74 Å². The number of nitrogens with zero attached hydrogens (tertiary/aromatic N) is 2. The Morgan fingerprint density at radius 3 is 2.83 bits per heavy atom. The SMILES string of the molecule is Fc1ccc(CSc2nnc(-c3ccc4c(c3)CCO4)o2)cc1F. The highest BCUT2D eigenvalue weighted by atomic mass is 32.2. The maximum absolute atomic E-state index is 13.2. The molecule has 0 spiro atoms. The largest absolute Gasteiger partial charge is 0.493 e. The Kier molecular flexibility index (Phi) is 3.93. The molecule has 0 amide bonds. The second-order valence-electron chi connectivity index (χ2n) is 5.33. The summed E-state index contributed by atoms with van der Waals surface area (Å²) in [6, 6.07) is 9.57. The predicted molar refractivity (Wildman–Crippen MR) is 84.9 cm³/mol. The van der Waals surface area contributed by atoms with Gasteiger partial charge in [0.05, 0.1) is 6.61 Å². The second-order valence-corrected chi connectivity index (χ2v) is 6.26. The molecule has 0 fully saturated rings. The molecule has 0 unspecified atom stereocenters. The second kappa shape index (κ2) is 6.24. The number of hydrogen-bond donors (Lipinski definition) is 0. The normalized spacial score (nSPS) is 12.9. The van der Waals surface area contributed by atoms with E-state index in [-0.39, 0.29) is 0 Å². The third kappa shape index (κ3) is 2.99. The fraction of sp³-hybridized carbons (Fsp3) is 0.176. The van der Waals surface area contributed by atoms with Crippen LogP contribution in [0, 0.1) is 11.6 Å². The highest BCUT2D eigenvalue weighted by Crippen LogP contribution is 2.31. The monoisotopic (exact) mass is 346 g/mol. The maximum atomic E-state index is 13.2. The quantitative estimate of drug-likeness (QED) is 0.661. The van der Waals surface area contributed by atoms with E-state index in [2.05, 4.69) is 10.2 Å². The molecule has 1 aromatic heterocycles. The third-order valence-corrected chi connectivity index (χ3v) is 4.58. The van der Waals surface area contributed by atoms with Crippen LogP contribution in [0.3, 0.4) is 0 Å². The van der Waals surface area contributed by atoms with Crippen molar-refractivity contribution >= 4 is 11.8 Å². The van der Waals surface area contributed by atoms with Gasteiger partial charge in [-0.2, -0.15) is 0 Å². The molecule has 0 atom stereocenters. The van der Waals surface area contributed by atoms with Crippen LogP contribution in [0.5, 0.6) is 5.75 Å². The van der Waals surface area contributed by atoms with Crippen LogP contribution >= 0.6 is 11.8 Å². The van der Waals surface area contributed by atoms with Crippen LogP contribution in [-0.4, -0.2) is 16.8 Å². The van der Waals surface area contributed by atoms with E-state index in [0.29, 0.717) is 29.0 Å². The van der Waals surface area contributed by atoms with E-state index in [0.717, 1.165) is 29.4 Å². The lowest BCUT2D eigenvalue weighted by Gasteiger charge is -2.00. The van der Waals surface area contributed by atoms with E-state index in [1.165, 1.54) is 23.9 Å². The number of halogens is 2. The van der Waals surface area contributed by atoms with Crippen LogP contribution in [0.25, 0.3) is 11.5 Å². The first kappa shape index (κ1) is 15.1. The Morgan fingerprint density at radius 1 is 1.04 bits per heavy atom. The summed E-state index contributed by atoms with van der Waals surface area (Å²) >= 11 is 1.27. The van der Waals surface area contributed by atoms with E-state index in [1.807, 2.05) is 18.2 Å². The van der Waals surface area contributed by atoms with E-state index < -0.39 is 11.6 Å². The molecule has 122 valence electrons. The first-order chi connectivity index (χ1) is 11.7. The summed E-state index contributed by atoms with van der Waals surface area (Å²) in [4.78, 5) is 0. The van der Waals surface area contributed by atoms with E-state index in [4.69, 9.17) is 9.15 Å². The lowest BCUT2D eigenvalue weighted by Crippen LogP contribution is -1.87. The zero-order chi connectivity index (χ0) is 16.5. The van der Waals surface area contributed by atoms with Crippen molar-refractivity contribution in [2.24, 2.45) is 0 Å². The summed E-state index contributed by atoms with van der Waals surface area (Å²) in [6.07, 6.45) is 0.870. The molecule has 1 aliphatic heterocycles. The fourth-order valence-corrected chi connectivity index (χ4v) is 3.18. The van der Waals surface area contributed by atoms with Gasteiger partial charge >= 0.3 is 0 Å². The van der Waals surface area contributed by atoms with Crippen molar-refractivity contribution in [3.05, 3.63) is 59.2 Å². The molecular formula is C17H12F2N2O2S. The van der Waals surface area contributed by atoms with Crippen LogP contribution in [0.4, 0.5) is 8.78 Å². The number of thioether (sulfide) groups is 1. The number of rotatable bonds is 4. The molecule has 4 nitrogen and oxygen atoms in total. The van der Waals surface area contributed by atoms with Gasteiger partial charge in [0.15, 0.2) is 11.6 Å². The zero-order valence-electron chi connectivity index (χ0n) is 12.5. The standard InChI is InChI=1S/C17H12F2N2O2S/c18-13-3-1-10(7-14(13)19)9-24-17-21-20-16(23-17)12-2-4-15-11(8-12)5-6-22-15/h1-4,7-8H,5-6,9H2. The number of hydrogen-bond acceptors (Lipinski definition) is 5.